The van der Waals surface area contributed by atoms with Gasteiger partial charge in [0.25, 0.3) is 0 Å². The highest BCUT2D eigenvalue weighted by molar-refractivity contribution is 5.87. The van der Waals surface area contributed by atoms with Crippen LogP contribution in [-0.2, 0) is 14.3 Å². The topological polar surface area (TPSA) is 108 Å². The number of hydrogen-bond acceptors (Lipinski definition) is 6. The van der Waals surface area contributed by atoms with E-state index in [0.717, 1.165) is 5.01 Å². The number of nitrogens with one attached hydrogen (secondary N) is 1. The number of carbonyl (C=O) groups is 2. The Morgan fingerprint density at radius 3 is 2.39 bits per heavy atom. The number of anilines is 1. The third-order valence-corrected chi connectivity index (χ3v) is 3.07. The van der Waals surface area contributed by atoms with Gasteiger partial charge in [0.2, 0.25) is 5.91 Å². The van der Waals surface area contributed by atoms with Gasteiger partial charge >= 0.3 is 5.97 Å². The number of hydrogen-bond donors (Lipinski definition) is 2. The Morgan fingerprint density at radius 1 is 1.30 bits per heavy atom. The second-order valence-electron chi connectivity index (χ2n) is 5.43. The molecule has 0 spiro atoms. The maximum absolute atomic E-state index is 12.1. The van der Waals surface area contributed by atoms with Crippen LogP contribution in [0.2, 0.25) is 0 Å². The summed E-state index contributed by atoms with van der Waals surface area (Å²) < 4.78 is 4.66. The van der Waals surface area contributed by atoms with Crippen molar-refractivity contribution in [2.75, 3.05) is 18.7 Å². The third kappa shape index (κ3) is 5.93. The third-order valence-electron chi connectivity index (χ3n) is 3.07. The van der Waals surface area contributed by atoms with Crippen LogP contribution in [0.5, 0.6) is 5.75 Å². The van der Waals surface area contributed by atoms with Gasteiger partial charge in [-0.2, -0.15) is 0 Å². The van der Waals surface area contributed by atoms with Crippen molar-refractivity contribution in [1.82, 2.24) is 5.32 Å². The molecule has 8 nitrogen and oxygen atoms in total. The summed E-state index contributed by atoms with van der Waals surface area (Å²) in [5.41, 5.74) is 0.353. The van der Waals surface area contributed by atoms with E-state index >= 15 is 0 Å². The molecule has 0 bridgehead atoms. The first-order chi connectivity index (χ1) is 10.9. The molecule has 1 aromatic rings. The molecule has 2 N–H and O–H groups in total. The van der Waals surface area contributed by atoms with Crippen LogP contribution < -0.4 is 10.3 Å². The van der Waals surface area contributed by atoms with Gasteiger partial charge in [-0.25, -0.2) is 9.80 Å². The molecule has 0 saturated heterocycles. The number of nitroso groups, excluding NO2 is 1. The van der Waals surface area contributed by atoms with Crippen LogP contribution in [0.15, 0.2) is 29.6 Å². The Morgan fingerprint density at radius 2 is 1.91 bits per heavy atom. The summed E-state index contributed by atoms with van der Waals surface area (Å²) >= 11 is 0. The standard InChI is InChI=1S/C15H21N3O5/c1-10(2)8-13(15(21)23-3)16-14(20)9-18(17-22)11-4-6-12(19)7-5-11/h4-7,10,13,19H,8-9H2,1-3H3,(H,16,20)/t13-/m0/s1. The zero-order valence-electron chi connectivity index (χ0n) is 13.4. The van der Waals surface area contributed by atoms with Crippen molar-refractivity contribution in [1.29, 1.82) is 0 Å². The van der Waals surface area contributed by atoms with E-state index in [1.54, 1.807) is 0 Å². The molecule has 0 unspecified atom stereocenters. The first-order valence-corrected chi connectivity index (χ1v) is 7.14. The summed E-state index contributed by atoms with van der Waals surface area (Å²) in [6, 6.07) is 4.88. The van der Waals surface area contributed by atoms with Crippen molar-refractivity contribution in [2.45, 2.75) is 26.3 Å². The number of carbonyl (C=O) groups excluding carboxylic acids is 2. The largest absolute Gasteiger partial charge is 0.508 e. The minimum atomic E-state index is -0.777. The highest BCUT2D eigenvalue weighted by atomic mass is 16.5. The number of aromatic hydroxyl groups is 1. The van der Waals surface area contributed by atoms with E-state index in [4.69, 9.17) is 0 Å². The van der Waals surface area contributed by atoms with Crippen molar-refractivity contribution in [3.05, 3.63) is 29.2 Å². The van der Waals surface area contributed by atoms with Gasteiger partial charge in [-0.1, -0.05) is 13.8 Å². The first kappa shape index (κ1) is 18.4. The molecule has 0 radical (unpaired) electrons. The average molecular weight is 323 g/mol. The van der Waals surface area contributed by atoms with E-state index in [1.807, 2.05) is 13.8 Å². The van der Waals surface area contributed by atoms with Crippen LogP contribution in [0, 0.1) is 10.8 Å². The highest BCUT2D eigenvalue weighted by Gasteiger charge is 2.23. The molecule has 0 aliphatic heterocycles. The normalized spacial score (nSPS) is 11.7. The Kier molecular flexibility index (Phi) is 6.98. The van der Waals surface area contributed by atoms with Crippen molar-refractivity contribution >= 4 is 17.6 Å². The fourth-order valence-corrected chi connectivity index (χ4v) is 2.00. The number of nitrogens with zero attached hydrogens (tertiary/aromatic N) is 2. The van der Waals surface area contributed by atoms with E-state index < -0.39 is 17.9 Å². The first-order valence-electron chi connectivity index (χ1n) is 7.14. The van der Waals surface area contributed by atoms with Crippen molar-refractivity contribution in [3.8, 4) is 5.75 Å². The summed E-state index contributed by atoms with van der Waals surface area (Å²) in [6.45, 7) is 3.48. The van der Waals surface area contributed by atoms with E-state index in [0.29, 0.717) is 12.1 Å². The molecular formula is C15H21N3O5. The van der Waals surface area contributed by atoms with Crippen LogP contribution in [0.4, 0.5) is 5.69 Å². The molecule has 1 rings (SSSR count). The van der Waals surface area contributed by atoms with E-state index in [2.05, 4.69) is 15.3 Å². The smallest absolute Gasteiger partial charge is 0.328 e. The van der Waals surface area contributed by atoms with Gasteiger partial charge in [0.1, 0.15) is 18.3 Å². The minimum absolute atomic E-state index is 0.0340. The predicted molar refractivity (Wildman–Crippen MR) is 84.6 cm³/mol. The number of amides is 1. The lowest BCUT2D eigenvalue weighted by Gasteiger charge is -2.20. The molecule has 1 aromatic carbocycles. The zero-order valence-corrected chi connectivity index (χ0v) is 13.4. The molecule has 1 amide bonds. The summed E-state index contributed by atoms with van der Waals surface area (Å²) in [5, 5.41) is 15.5. The summed E-state index contributed by atoms with van der Waals surface area (Å²) in [4.78, 5) is 34.7. The lowest BCUT2D eigenvalue weighted by Crippen LogP contribution is -2.45. The summed E-state index contributed by atoms with van der Waals surface area (Å²) in [5.74, 6) is -0.862. The molecule has 1 atom stereocenters. The van der Waals surface area contributed by atoms with Gasteiger partial charge in [0.15, 0.2) is 0 Å². The van der Waals surface area contributed by atoms with E-state index in [-0.39, 0.29) is 18.2 Å². The van der Waals surface area contributed by atoms with Gasteiger partial charge in [0.05, 0.1) is 18.1 Å². The number of phenols is 1. The average Bonchev–Trinajstić information content (AvgIpc) is 2.51. The van der Waals surface area contributed by atoms with Crippen LogP contribution in [0.25, 0.3) is 0 Å². The fourth-order valence-electron chi connectivity index (χ4n) is 2.00. The molecule has 126 valence electrons. The molecular weight excluding hydrogens is 302 g/mol. The number of rotatable bonds is 8. The van der Waals surface area contributed by atoms with Crippen molar-refractivity contribution in [2.24, 2.45) is 11.2 Å². The van der Waals surface area contributed by atoms with Gasteiger partial charge in [-0.05, 0) is 36.6 Å². The maximum atomic E-state index is 12.1. The van der Waals surface area contributed by atoms with Crippen LogP contribution in [0.3, 0.4) is 0 Å². The Labute approximate surface area is 134 Å². The van der Waals surface area contributed by atoms with Crippen molar-refractivity contribution < 1.29 is 19.4 Å². The minimum Gasteiger partial charge on any atom is -0.508 e. The molecule has 0 aliphatic carbocycles. The number of esters is 1. The summed E-state index contributed by atoms with van der Waals surface area (Å²) in [7, 11) is 1.25. The van der Waals surface area contributed by atoms with Gasteiger partial charge in [-0.3, -0.25) is 4.79 Å². The number of phenolic OH excluding ortho intramolecular Hbond substituents is 1. The predicted octanol–water partition coefficient (Wildman–Crippen LogP) is 1.58. The van der Waals surface area contributed by atoms with Gasteiger partial charge < -0.3 is 15.2 Å². The molecule has 0 aliphatic rings. The lowest BCUT2D eigenvalue weighted by molar-refractivity contribution is -0.145. The van der Waals surface area contributed by atoms with Crippen LogP contribution >= 0.6 is 0 Å². The van der Waals surface area contributed by atoms with Crippen LogP contribution in [-0.4, -0.2) is 36.7 Å². The monoisotopic (exact) mass is 323 g/mol. The quantitative estimate of drug-likeness (QED) is 0.427. The zero-order chi connectivity index (χ0) is 17.4. The second-order valence-corrected chi connectivity index (χ2v) is 5.43. The number of methoxy groups -OCH3 is 1. The Balaban J connectivity index is 2.72. The molecule has 8 heteroatoms. The van der Waals surface area contributed by atoms with Crippen molar-refractivity contribution in [3.63, 3.8) is 0 Å². The van der Waals surface area contributed by atoms with Gasteiger partial charge in [0, 0.05) is 0 Å². The lowest BCUT2D eigenvalue weighted by atomic mass is 10.0. The maximum Gasteiger partial charge on any atom is 0.328 e. The molecule has 0 heterocycles. The highest BCUT2D eigenvalue weighted by Crippen LogP contribution is 2.18. The van der Waals surface area contributed by atoms with Crippen LogP contribution in [0.1, 0.15) is 20.3 Å². The Bertz CT molecular complexity index is 545. The molecule has 0 fully saturated rings. The number of benzene rings is 1. The molecule has 0 saturated carbocycles. The van der Waals surface area contributed by atoms with E-state index in [1.165, 1.54) is 31.4 Å². The molecule has 23 heavy (non-hydrogen) atoms. The van der Waals surface area contributed by atoms with E-state index in [9.17, 15) is 19.6 Å². The fraction of sp³-hybridized carbons (Fsp3) is 0.467. The number of ether oxygens (including phenoxy) is 1. The summed E-state index contributed by atoms with van der Waals surface area (Å²) in [6.07, 6.45) is 0.423. The van der Waals surface area contributed by atoms with Gasteiger partial charge in [-0.15, -0.1) is 4.91 Å². The Hall–Kier alpha value is -2.64. The molecule has 0 aromatic heterocycles. The SMILES string of the molecule is COC(=O)[C@H](CC(C)C)NC(=O)CN(N=O)c1ccc(O)cc1. The second kappa shape index (κ2) is 8.72.